The van der Waals surface area contributed by atoms with E-state index in [2.05, 4.69) is 11.9 Å². The molecule has 25 heavy (non-hydrogen) atoms. The van der Waals surface area contributed by atoms with E-state index in [0.29, 0.717) is 0 Å². The Balaban J connectivity index is 1.67. The van der Waals surface area contributed by atoms with Gasteiger partial charge in [0.15, 0.2) is 12.6 Å². The van der Waals surface area contributed by atoms with Crippen LogP contribution in [0.1, 0.15) is 11.9 Å². The maximum atomic E-state index is 11.7. The second-order valence-electron chi connectivity index (χ2n) is 5.79. The van der Waals surface area contributed by atoms with E-state index in [0.717, 1.165) is 5.56 Å². The third-order valence-corrected chi connectivity index (χ3v) is 4.07. The van der Waals surface area contributed by atoms with Crippen molar-refractivity contribution in [2.45, 2.75) is 36.9 Å². The van der Waals surface area contributed by atoms with Crippen LogP contribution in [0.15, 0.2) is 43.0 Å². The van der Waals surface area contributed by atoms with Crippen molar-refractivity contribution in [3.05, 3.63) is 48.6 Å². The van der Waals surface area contributed by atoms with Gasteiger partial charge in [-0.1, -0.05) is 43.0 Å². The van der Waals surface area contributed by atoms with Gasteiger partial charge < -0.3 is 34.5 Å². The van der Waals surface area contributed by atoms with E-state index >= 15 is 0 Å². The molecule has 0 bridgehead atoms. The lowest BCUT2D eigenvalue weighted by Gasteiger charge is -2.46. The Morgan fingerprint density at radius 2 is 2.08 bits per heavy atom. The van der Waals surface area contributed by atoms with Crippen molar-refractivity contribution in [2.75, 3.05) is 13.2 Å². The fourth-order valence-corrected chi connectivity index (χ4v) is 2.85. The molecule has 136 valence electrons. The number of rotatable bonds is 4. The zero-order valence-electron chi connectivity index (χ0n) is 13.5. The third kappa shape index (κ3) is 4.00. The molecule has 2 fully saturated rings. The smallest absolute Gasteiger partial charge is 0.407 e. The number of hydrogen-bond donors (Lipinski definition) is 3. The highest BCUT2D eigenvalue weighted by molar-refractivity contribution is 5.67. The number of aliphatic hydroxyl groups is 2. The molecule has 2 aliphatic heterocycles. The minimum absolute atomic E-state index is 0.0120. The fraction of sp³-hybridized carbons (Fsp3) is 0.471. The molecule has 0 spiro atoms. The van der Waals surface area contributed by atoms with Crippen LogP contribution in [0.4, 0.5) is 4.79 Å². The molecule has 0 radical (unpaired) electrons. The highest BCUT2D eigenvalue weighted by Gasteiger charge is 2.49. The molecule has 2 aliphatic rings. The molecule has 8 heteroatoms. The van der Waals surface area contributed by atoms with Gasteiger partial charge in [0.05, 0.1) is 6.61 Å². The summed E-state index contributed by atoms with van der Waals surface area (Å²) in [6, 6.07) is 8.18. The first kappa shape index (κ1) is 17.8. The van der Waals surface area contributed by atoms with Crippen molar-refractivity contribution in [1.82, 2.24) is 5.32 Å². The Labute approximate surface area is 144 Å². The molecular formula is C17H21NO7. The zero-order valence-corrected chi connectivity index (χ0v) is 13.5. The van der Waals surface area contributed by atoms with E-state index < -0.39 is 43.0 Å². The van der Waals surface area contributed by atoms with Crippen LogP contribution in [-0.2, 0) is 18.9 Å². The average molecular weight is 351 g/mol. The number of carbonyl (C=O) groups excluding carboxylic acids is 1. The van der Waals surface area contributed by atoms with E-state index in [4.69, 9.17) is 18.9 Å². The van der Waals surface area contributed by atoms with Crippen LogP contribution in [0.3, 0.4) is 0 Å². The molecule has 0 saturated carbocycles. The van der Waals surface area contributed by atoms with Crippen molar-refractivity contribution >= 4 is 6.09 Å². The van der Waals surface area contributed by atoms with Gasteiger partial charge in [-0.05, 0) is 0 Å². The Hall–Kier alpha value is -1.97. The number of amides is 1. The molecule has 0 aromatic heterocycles. The third-order valence-electron chi connectivity index (χ3n) is 4.07. The minimum Gasteiger partial charge on any atom is -0.445 e. The van der Waals surface area contributed by atoms with E-state index in [-0.39, 0.29) is 13.2 Å². The fourth-order valence-electron chi connectivity index (χ4n) is 2.85. The normalized spacial score (nSPS) is 34.6. The number of aliphatic hydroxyl groups excluding tert-OH is 2. The minimum atomic E-state index is -1.41. The maximum absolute atomic E-state index is 11.7. The first-order valence-electron chi connectivity index (χ1n) is 7.98. The van der Waals surface area contributed by atoms with Gasteiger partial charge >= 0.3 is 6.09 Å². The maximum Gasteiger partial charge on any atom is 0.407 e. The highest BCUT2D eigenvalue weighted by atomic mass is 16.7. The van der Waals surface area contributed by atoms with Crippen molar-refractivity contribution < 1.29 is 34.0 Å². The lowest BCUT2D eigenvalue weighted by atomic mass is 9.96. The number of hydrogen-bond acceptors (Lipinski definition) is 7. The predicted molar refractivity (Wildman–Crippen MR) is 85.4 cm³/mol. The van der Waals surface area contributed by atoms with Crippen LogP contribution < -0.4 is 5.32 Å². The lowest BCUT2D eigenvalue weighted by Crippen LogP contribution is -2.66. The van der Waals surface area contributed by atoms with Crippen molar-refractivity contribution in [3.8, 4) is 0 Å². The first-order valence-corrected chi connectivity index (χ1v) is 7.98. The zero-order chi connectivity index (χ0) is 17.8. The summed E-state index contributed by atoms with van der Waals surface area (Å²) in [5.74, 6) is 0. The number of benzene rings is 1. The van der Waals surface area contributed by atoms with Gasteiger partial charge in [-0.3, -0.25) is 0 Å². The van der Waals surface area contributed by atoms with Gasteiger partial charge in [0.1, 0.15) is 31.0 Å². The molecular weight excluding hydrogens is 330 g/mol. The second kappa shape index (κ2) is 7.94. The Bertz CT molecular complexity index is 596. The average Bonchev–Trinajstić information content (AvgIpc) is 2.64. The predicted octanol–water partition coefficient (Wildman–Crippen LogP) is 0.459. The van der Waals surface area contributed by atoms with Crippen LogP contribution in [0, 0.1) is 0 Å². The summed E-state index contributed by atoms with van der Waals surface area (Å²) < 4.78 is 21.6. The van der Waals surface area contributed by atoms with Crippen molar-refractivity contribution in [3.63, 3.8) is 0 Å². The van der Waals surface area contributed by atoms with E-state index in [9.17, 15) is 15.0 Å². The van der Waals surface area contributed by atoms with E-state index in [1.807, 2.05) is 30.3 Å². The van der Waals surface area contributed by atoms with Gasteiger partial charge in [0.25, 0.3) is 0 Å². The summed E-state index contributed by atoms with van der Waals surface area (Å²) in [5, 5.41) is 23.0. The van der Waals surface area contributed by atoms with Gasteiger partial charge in [-0.25, -0.2) is 4.79 Å². The largest absolute Gasteiger partial charge is 0.445 e. The highest BCUT2D eigenvalue weighted by Crippen LogP contribution is 2.33. The van der Waals surface area contributed by atoms with E-state index in [1.54, 1.807) is 0 Å². The quantitative estimate of drug-likeness (QED) is 0.677. The van der Waals surface area contributed by atoms with Crippen LogP contribution >= 0.6 is 0 Å². The monoisotopic (exact) mass is 351 g/mol. The van der Waals surface area contributed by atoms with Crippen LogP contribution in [0.5, 0.6) is 0 Å². The summed E-state index contributed by atoms with van der Waals surface area (Å²) >= 11 is 0. The Morgan fingerprint density at radius 1 is 1.32 bits per heavy atom. The molecule has 5 unspecified atom stereocenters. The molecule has 1 aromatic carbocycles. The molecule has 0 aliphatic carbocycles. The molecule has 3 rings (SSSR count). The standard InChI is InChI=1S/C17H21NO7/c1-2-8-22-17(21)18-12-13(19)14-11(24-15(12)20)9-23-16(25-14)10-6-4-3-5-7-10/h2-7,11-16,19-20H,1,8-9H2,(H,18,21)/t11?,12?,13?,14?,15-,16?/m1/s1. The number of carbonyl (C=O) groups is 1. The Kier molecular flexibility index (Phi) is 5.67. The summed E-state index contributed by atoms with van der Waals surface area (Å²) in [4.78, 5) is 11.7. The van der Waals surface area contributed by atoms with Gasteiger partial charge in [-0.15, -0.1) is 0 Å². The van der Waals surface area contributed by atoms with Gasteiger partial charge in [-0.2, -0.15) is 0 Å². The first-order chi connectivity index (χ1) is 12.1. The molecule has 1 aromatic rings. The SMILES string of the molecule is C=CCOC(=O)NC1C(O)C2OC(c3ccccc3)OCC2O[C@H]1O. The molecule has 2 heterocycles. The summed E-state index contributed by atoms with van der Waals surface area (Å²) in [5.41, 5.74) is 0.800. The van der Waals surface area contributed by atoms with Gasteiger partial charge in [0, 0.05) is 5.56 Å². The van der Waals surface area contributed by atoms with Crippen LogP contribution in [0.25, 0.3) is 0 Å². The van der Waals surface area contributed by atoms with Crippen molar-refractivity contribution in [2.24, 2.45) is 0 Å². The van der Waals surface area contributed by atoms with Gasteiger partial charge in [0.2, 0.25) is 0 Å². The lowest BCUT2D eigenvalue weighted by molar-refractivity contribution is -0.337. The topological polar surface area (TPSA) is 106 Å². The van der Waals surface area contributed by atoms with Crippen LogP contribution in [0.2, 0.25) is 0 Å². The molecule has 8 nitrogen and oxygen atoms in total. The molecule has 3 N–H and O–H groups in total. The molecule has 6 atom stereocenters. The molecule has 1 amide bonds. The van der Waals surface area contributed by atoms with Crippen molar-refractivity contribution in [1.29, 1.82) is 0 Å². The summed E-state index contributed by atoms with van der Waals surface area (Å²) in [6.45, 7) is 3.59. The summed E-state index contributed by atoms with van der Waals surface area (Å²) in [6.07, 6.45) is -4.07. The molecule has 2 saturated heterocycles. The number of alkyl carbamates (subject to hydrolysis) is 1. The number of nitrogens with one attached hydrogen (secondary N) is 1. The number of ether oxygens (including phenoxy) is 4. The van der Waals surface area contributed by atoms with E-state index in [1.165, 1.54) is 6.08 Å². The second-order valence-corrected chi connectivity index (χ2v) is 5.79. The Morgan fingerprint density at radius 3 is 2.80 bits per heavy atom. The van der Waals surface area contributed by atoms with Crippen LogP contribution in [-0.4, -0.2) is 60.2 Å². The number of fused-ring (bicyclic) bond motifs is 1. The summed E-state index contributed by atoms with van der Waals surface area (Å²) in [7, 11) is 0.